The summed E-state index contributed by atoms with van der Waals surface area (Å²) in [5.41, 5.74) is -0.424. The number of hydrogen-bond acceptors (Lipinski definition) is 2. The summed E-state index contributed by atoms with van der Waals surface area (Å²) >= 11 is 0. The maximum atomic E-state index is 12.9. The molecule has 0 heterocycles. The van der Waals surface area contributed by atoms with Crippen molar-refractivity contribution in [3.8, 4) is 0 Å². The zero-order valence-corrected chi connectivity index (χ0v) is 14.0. The quantitative estimate of drug-likeness (QED) is 0.838. The average molecular weight is 357 g/mol. The number of carbonyl (C=O) groups is 2. The molecule has 7 heteroatoms. The third-order valence-electron chi connectivity index (χ3n) is 4.76. The van der Waals surface area contributed by atoms with Crippen LogP contribution in [-0.4, -0.2) is 23.0 Å². The summed E-state index contributed by atoms with van der Waals surface area (Å²) in [6, 6.07) is 4.73. The SMILES string of the molecule is CCC(C(=O)NC1CCC(C(=O)O)CC1)c1cccc(C(F)(F)F)c1. The van der Waals surface area contributed by atoms with Crippen molar-refractivity contribution >= 4 is 11.9 Å². The number of benzene rings is 1. The van der Waals surface area contributed by atoms with Gasteiger partial charge in [0.15, 0.2) is 0 Å². The smallest absolute Gasteiger partial charge is 0.416 e. The molecule has 25 heavy (non-hydrogen) atoms. The van der Waals surface area contributed by atoms with Crippen molar-refractivity contribution in [1.82, 2.24) is 5.32 Å². The Morgan fingerprint density at radius 2 is 1.88 bits per heavy atom. The fourth-order valence-electron chi connectivity index (χ4n) is 3.29. The summed E-state index contributed by atoms with van der Waals surface area (Å²) in [7, 11) is 0. The van der Waals surface area contributed by atoms with E-state index in [1.165, 1.54) is 12.1 Å². The Morgan fingerprint density at radius 3 is 2.40 bits per heavy atom. The van der Waals surface area contributed by atoms with Gasteiger partial charge in [-0.3, -0.25) is 9.59 Å². The van der Waals surface area contributed by atoms with E-state index in [0.717, 1.165) is 12.1 Å². The molecule has 1 saturated carbocycles. The van der Waals surface area contributed by atoms with Gasteiger partial charge in [-0.1, -0.05) is 25.1 Å². The van der Waals surface area contributed by atoms with Gasteiger partial charge in [-0.15, -0.1) is 0 Å². The Balaban J connectivity index is 2.03. The molecule has 0 aliphatic heterocycles. The molecule has 1 aliphatic carbocycles. The second kappa shape index (κ2) is 7.89. The first-order chi connectivity index (χ1) is 11.7. The number of carbonyl (C=O) groups excluding carboxylic acids is 1. The van der Waals surface area contributed by atoms with Gasteiger partial charge < -0.3 is 10.4 Å². The molecule has 1 amide bonds. The summed E-state index contributed by atoms with van der Waals surface area (Å²) in [6.45, 7) is 1.76. The van der Waals surface area contributed by atoms with Crippen molar-refractivity contribution in [3.63, 3.8) is 0 Å². The van der Waals surface area contributed by atoms with Gasteiger partial charge in [0, 0.05) is 6.04 Å². The monoisotopic (exact) mass is 357 g/mol. The molecule has 0 aromatic heterocycles. The molecule has 1 aromatic rings. The van der Waals surface area contributed by atoms with Crippen molar-refractivity contribution < 1.29 is 27.9 Å². The van der Waals surface area contributed by atoms with E-state index in [1.807, 2.05) is 0 Å². The molecule has 1 atom stereocenters. The van der Waals surface area contributed by atoms with Gasteiger partial charge >= 0.3 is 12.1 Å². The number of carboxylic acids is 1. The van der Waals surface area contributed by atoms with Crippen LogP contribution in [0.25, 0.3) is 0 Å². The molecule has 1 fully saturated rings. The second-order valence-corrected chi connectivity index (χ2v) is 6.48. The summed E-state index contributed by atoms with van der Waals surface area (Å²) < 4.78 is 38.6. The van der Waals surface area contributed by atoms with Crippen LogP contribution in [0.2, 0.25) is 0 Å². The molecule has 0 bridgehead atoms. The number of halogens is 3. The largest absolute Gasteiger partial charge is 0.481 e. The van der Waals surface area contributed by atoms with Gasteiger partial charge in [-0.2, -0.15) is 13.2 Å². The first-order valence-electron chi connectivity index (χ1n) is 8.42. The predicted molar refractivity (Wildman–Crippen MR) is 86.0 cm³/mol. The third-order valence-corrected chi connectivity index (χ3v) is 4.76. The van der Waals surface area contributed by atoms with Crippen LogP contribution in [0, 0.1) is 5.92 Å². The number of aliphatic carboxylic acids is 1. The molecule has 4 nitrogen and oxygen atoms in total. The highest BCUT2D eigenvalue weighted by atomic mass is 19.4. The van der Waals surface area contributed by atoms with Gasteiger partial charge in [0.05, 0.1) is 17.4 Å². The summed E-state index contributed by atoms with van der Waals surface area (Å²) in [4.78, 5) is 23.5. The minimum atomic E-state index is -4.44. The number of alkyl halides is 3. The highest BCUT2D eigenvalue weighted by molar-refractivity contribution is 5.84. The molecular formula is C18H22F3NO3. The molecule has 0 saturated heterocycles. The Morgan fingerprint density at radius 1 is 1.24 bits per heavy atom. The number of nitrogens with one attached hydrogen (secondary N) is 1. The molecular weight excluding hydrogens is 335 g/mol. The summed E-state index contributed by atoms with van der Waals surface area (Å²) in [5.74, 6) is -2.15. The van der Waals surface area contributed by atoms with Gasteiger partial charge in [0.1, 0.15) is 0 Å². The zero-order valence-electron chi connectivity index (χ0n) is 14.0. The highest BCUT2D eigenvalue weighted by Crippen LogP contribution is 2.32. The number of rotatable bonds is 5. The molecule has 0 spiro atoms. The van der Waals surface area contributed by atoms with Crippen molar-refractivity contribution in [3.05, 3.63) is 35.4 Å². The Kier molecular flexibility index (Phi) is 6.08. The normalized spacial score (nSPS) is 22.2. The van der Waals surface area contributed by atoms with Crippen LogP contribution in [-0.2, 0) is 15.8 Å². The molecule has 1 aliphatic rings. The lowest BCUT2D eigenvalue weighted by Crippen LogP contribution is -2.41. The van der Waals surface area contributed by atoms with Crippen molar-refractivity contribution in [2.24, 2.45) is 5.92 Å². The number of hydrogen-bond donors (Lipinski definition) is 2. The van der Waals surface area contributed by atoms with Gasteiger partial charge in [-0.05, 0) is 43.7 Å². The fraction of sp³-hybridized carbons (Fsp3) is 0.556. The lowest BCUT2D eigenvalue weighted by Gasteiger charge is -2.28. The lowest BCUT2D eigenvalue weighted by molar-refractivity contribution is -0.143. The van der Waals surface area contributed by atoms with Crippen LogP contribution < -0.4 is 5.32 Å². The van der Waals surface area contributed by atoms with Gasteiger partial charge in [0.25, 0.3) is 0 Å². The Hall–Kier alpha value is -2.05. The molecule has 0 radical (unpaired) electrons. The zero-order chi connectivity index (χ0) is 18.6. The first kappa shape index (κ1) is 19.3. The van der Waals surface area contributed by atoms with Gasteiger partial charge in [-0.25, -0.2) is 0 Å². The van der Waals surface area contributed by atoms with E-state index in [-0.39, 0.29) is 17.9 Å². The molecule has 2 N–H and O–H groups in total. The van der Waals surface area contributed by atoms with E-state index >= 15 is 0 Å². The van der Waals surface area contributed by atoms with Crippen molar-refractivity contribution in [2.75, 3.05) is 0 Å². The van der Waals surface area contributed by atoms with Crippen LogP contribution in [0.1, 0.15) is 56.1 Å². The first-order valence-corrected chi connectivity index (χ1v) is 8.42. The summed E-state index contributed by atoms with van der Waals surface area (Å²) in [6.07, 6.45) is -1.91. The van der Waals surface area contributed by atoms with E-state index in [1.54, 1.807) is 6.92 Å². The summed E-state index contributed by atoms with van der Waals surface area (Å²) in [5, 5.41) is 11.9. The van der Waals surface area contributed by atoms with Crippen LogP contribution in [0.15, 0.2) is 24.3 Å². The standard InChI is InChI=1S/C18H22F3NO3/c1-2-15(12-4-3-5-13(10-12)18(19,20)21)16(23)22-14-8-6-11(7-9-14)17(24)25/h3-5,10-11,14-15H,2,6-9H2,1H3,(H,22,23)(H,24,25). The Bertz CT molecular complexity index is 622. The van der Waals surface area contributed by atoms with Crippen LogP contribution in [0.3, 0.4) is 0 Å². The minimum absolute atomic E-state index is 0.122. The van der Waals surface area contributed by atoms with Crippen LogP contribution in [0.4, 0.5) is 13.2 Å². The maximum Gasteiger partial charge on any atom is 0.416 e. The van der Waals surface area contributed by atoms with Gasteiger partial charge in [0.2, 0.25) is 5.91 Å². The molecule has 1 aromatic carbocycles. The fourth-order valence-corrected chi connectivity index (χ4v) is 3.29. The van der Waals surface area contributed by atoms with Crippen LogP contribution >= 0.6 is 0 Å². The second-order valence-electron chi connectivity index (χ2n) is 6.48. The number of amides is 1. The van der Waals surface area contributed by atoms with Crippen LogP contribution in [0.5, 0.6) is 0 Å². The van der Waals surface area contributed by atoms with E-state index in [9.17, 15) is 22.8 Å². The highest BCUT2D eigenvalue weighted by Gasteiger charge is 2.32. The topological polar surface area (TPSA) is 66.4 Å². The number of carboxylic acid groups (broad SMARTS) is 1. The lowest BCUT2D eigenvalue weighted by atomic mass is 9.85. The molecule has 1 unspecified atom stereocenters. The van der Waals surface area contributed by atoms with E-state index in [2.05, 4.69) is 5.32 Å². The third kappa shape index (κ3) is 4.96. The van der Waals surface area contributed by atoms with Crippen molar-refractivity contribution in [1.29, 1.82) is 0 Å². The van der Waals surface area contributed by atoms with Crippen molar-refractivity contribution in [2.45, 2.75) is 57.2 Å². The molecule has 138 valence electrons. The van der Waals surface area contributed by atoms with E-state index in [4.69, 9.17) is 5.11 Å². The minimum Gasteiger partial charge on any atom is -0.481 e. The van der Waals surface area contributed by atoms with E-state index in [0.29, 0.717) is 37.7 Å². The maximum absolute atomic E-state index is 12.9. The Labute approximate surface area is 144 Å². The predicted octanol–water partition coefficient (Wildman–Crippen LogP) is 3.96. The molecule has 2 rings (SSSR count). The van der Waals surface area contributed by atoms with E-state index < -0.39 is 23.6 Å². The average Bonchev–Trinajstić information content (AvgIpc) is 2.55.